The lowest BCUT2D eigenvalue weighted by atomic mass is 9.95. The summed E-state index contributed by atoms with van der Waals surface area (Å²) < 4.78 is 18.6. The van der Waals surface area contributed by atoms with Crippen molar-refractivity contribution in [3.05, 3.63) is 35.6 Å². The monoisotopic (exact) mass is 320 g/mol. The first kappa shape index (κ1) is 15.9. The van der Waals surface area contributed by atoms with Gasteiger partial charge in [-0.3, -0.25) is 9.59 Å². The Hall–Kier alpha value is -1.95. The van der Waals surface area contributed by atoms with Gasteiger partial charge in [-0.2, -0.15) is 0 Å². The van der Waals surface area contributed by atoms with Crippen LogP contribution in [0.25, 0.3) is 0 Å². The zero-order valence-corrected chi connectivity index (χ0v) is 13.2. The number of ether oxygens (including phenoxy) is 1. The van der Waals surface area contributed by atoms with Gasteiger partial charge in [0.15, 0.2) is 0 Å². The van der Waals surface area contributed by atoms with Crippen LogP contribution in [-0.2, 0) is 14.3 Å². The molecule has 0 radical (unpaired) electrons. The van der Waals surface area contributed by atoms with Crippen molar-refractivity contribution in [2.24, 2.45) is 5.92 Å². The molecule has 2 aliphatic heterocycles. The van der Waals surface area contributed by atoms with Gasteiger partial charge in [0.25, 0.3) is 0 Å². The number of amides is 2. The first-order chi connectivity index (χ1) is 11.1. The van der Waals surface area contributed by atoms with Gasteiger partial charge < -0.3 is 14.5 Å². The Morgan fingerprint density at radius 1 is 1.39 bits per heavy atom. The van der Waals surface area contributed by atoms with E-state index in [0.717, 1.165) is 12.0 Å². The number of benzene rings is 1. The van der Waals surface area contributed by atoms with E-state index in [2.05, 4.69) is 6.92 Å². The highest BCUT2D eigenvalue weighted by molar-refractivity contribution is 5.86. The molecule has 2 aliphatic rings. The zero-order chi connectivity index (χ0) is 16.4. The molecule has 124 valence electrons. The predicted octanol–water partition coefficient (Wildman–Crippen LogP) is 1.59. The molecule has 0 N–H and O–H groups in total. The standard InChI is InChI=1S/C17H21FN2O3/c1-12-5-6-20(17(12)13-3-2-4-14(18)9-13)15(21)10-19-7-8-23-11-16(19)22/h2-4,9,12,17H,5-8,10-11H2,1H3/t12-,17+/m1/s1. The van der Waals surface area contributed by atoms with Gasteiger partial charge in [-0.05, 0) is 30.0 Å². The molecule has 6 heteroatoms. The largest absolute Gasteiger partial charge is 0.370 e. The highest BCUT2D eigenvalue weighted by atomic mass is 19.1. The van der Waals surface area contributed by atoms with Crippen molar-refractivity contribution < 1.29 is 18.7 Å². The summed E-state index contributed by atoms with van der Waals surface area (Å²) in [5, 5.41) is 0. The van der Waals surface area contributed by atoms with E-state index in [1.54, 1.807) is 11.0 Å². The second-order valence-electron chi connectivity index (χ2n) is 6.22. The van der Waals surface area contributed by atoms with Gasteiger partial charge in [0.05, 0.1) is 19.2 Å². The number of carbonyl (C=O) groups excluding carboxylic acids is 2. The summed E-state index contributed by atoms with van der Waals surface area (Å²) >= 11 is 0. The molecule has 2 saturated heterocycles. The Morgan fingerprint density at radius 2 is 2.22 bits per heavy atom. The maximum absolute atomic E-state index is 13.5. The molecule has 0 saturated carbocycles. The summed E-state index contributed by atoms with van der Waals surface area (Å²) in [7, 11) is 0. The summed E-state index contributed by atoms with van der Waals surface area (Å²) in [6.45, 7) is 3.72. The fourth-order valence-electron chi connectivity index (χ4n) is 3.40. The number of hydrogen-bond donors (Lipinski definition) is 0. The lowest BCUT2D eigenvalue weighted by Gasteiger charge is -2.31. The van der Waals surface area contributed by atoms with Gasteiger partial charge in [0, 0.05) is 13.1 Å². The Kier molecular flexibility index (Phi) is 4.61. The molecule has 2 amide bonds. The highest BCUT2D eigenvalue weighted by Gasteiger charge is 2.36. The molecule has 23 heavy (non-hydrogen) atoms. The second-order valence-corrected chi connectivity index (χ2v) is 6.22. The van der Waals surface area contributed by atoms with E-state index in [9.17, 15) is 14.0 Å². The Labute approximate surface area is 135 Å². The molecule has 0 bridgehead atoms. The van der Waals surface area contributed by atoms with Gasteiger partial charge in [-0.15, -0.1) is 0 Å². The SMILES string of the molecule is C[C@@H]1CCN(C(=O)CN2CCOCC2=O)[C@@H]1c1cccc(F)c1. The summed E-state index contributed by atoms with van der Waals surface area (Å²) in [5.41, 5.74) is 0.816. The third-order valence-electron chi connectivity index (χ3n) is 4.62. The number of likely N-dealkylation sites (tertiary alicyclic amines) is 1. The van der Waals surface area contributed by atoms with E-state index in [1.807, 2.05) is 6.07 Å². The molecule has 1 aromatic carbocycles. The minimum atomic E-state index is -0.294. The molecule has 0 unspecified atom stereocenters. The number of hydrogen-bond acceptors (Lipinski definition) is 3. The van der Waals surface area contributed by atoms with Crippen LogP contribution in [0.2, 0.25) is 0 Å². The lowest BCUT2D eigenvalue weighted by molar-refractivity contribution is -0.149. The van der Waals surface area contributed by atoms with Gasteiger partial charge in [0.1, 0.15) is 12.4 Å². The highest BCUT2D eigenvalue weighted by Crippen LogP contribution is 2.37. The average molecular weight is 320 g/mol. The van der Waals surface area contributed by atoms with Crippen molar-refractivity contribution in [3.63, 3.8) is 0 Å². The maximum Gasteiger partial charge on any atom is 0.249 e. The third kappa shape index (κ3) is 3.37. The Morgan fingerprint density at radius 3 is 2.96 bits per heavy atom. The van der Waals surface area contributed by atoms with Crippen molar-refractivity contribution >= 4 is 11.8 Å². The van der Waals surface area contributed by atoms with Crippen LogP contribution in [0.3, 0.4) is 0 Å². The van der Waals surface area contributed by atoms with Crippen LogP contribution < -0.4 is 0 Å². The molecule has 0 aromatic heterocycles. The minimum Gasteiger partial charge on any atom is -0.370 e. The van der Waals surface area contributed by atoms with Crippen molar-refractivity contribution in [3.8, 4) is 0 Å². The molecule has 0 aliphatic carbocycles. The Bertz CT molecular complexity index is 607. The van der Waals surface area contributed by atoms with Crippen LogP contribution in [0.4, 0.5) is 4.39 Å². The molecule has 2 heterocycles. The van der Waals surface area contributed by atoms with Gasteiger partial charge in [0.2, 0.25) is 11.8 Å². The van der Waals surface area contributed by atoms with Gasteiger partial charge >= 0.3 is 0 Å². The van der Waals surface area contributed by atoms with Crippen molar-refractivity contribution in [2.75, 3.05) is 32.8 Å². The van der Waals surface area contributed by atoms with Crippen molar-refractivity contribution in [2.45, 2.75) is 19.4 Å². The maximum atomic E-state index is 13.5. The van der Waals surface area contributed by atoms with E-state index < -0.39 is 0 Å². The quantitative estimate of drug-likeness (QED) is 0.850. The van der Waals surface area contributed by atoms with E-state index in [4.69, 9.17) is 4.74 Å². The minimum absolute atomic E-state index is 0.0387. The lowest BCUT2D eigenvalue weighted by Crippen LogP contribution is -2.47. The molecule has 2 atom stereocenters. The predicted molar refractivity (Wildman–Crippen MR) is 82.0 cm³/mol. The van der Waals surface area contributed by atoms with E-state index in [0.29, 0.717) is 19.7 Å². The normalized spacial score (nSPS) is 25.0. The summed E-state index contributed by atoms with van der Waals surface area (Å²) in [6.07, 6.45) is 0.879. The molecule has 2 fully saturated rings. The first-order valence-electron chi connectivity index (χ1n) is 7.96. The number of nitrogens with zero attached hydrogens (tertiary/aromatic N) is 2. The number of carbonyl (C=O) groups is 2. The van der Waals surface area contributed by atoms with Crippen LogP contribution in [0, 0.1) is 11.7 Å². The summed E-state index contributed by atoms with van der Waals surface area (Å²) in [5.74, 6) is -0.267. The number of morpholine rings is 1. The van der Waals surface area contributed by atoms with Crippen LogP contribution in [0.1, 0.15) is 24.9 Å². The van der Waals surface area contributed by atoms with Gasteiger partial charge in [-0.1, -0.05) is 19.1 Å². The van der Waals surface area contributed by atoms with Crippen LogP contribution in [0.15, 0.2) is 24.3 Å². The molecule has 5 nitrogen and oxygen atoms in total. The van der Waals surface area contributed by atoms with Crippen LogP contribution >= 0.6 is 0 Å². The summed E-state index contributed by atoms with van der Waals surface area (Å²) in [6, 6.07) is 6.29. The summed E-state index contributed by atoms with van der Waals surface area (Å²) in [4.78, 5) is 27.8. The third-order valence-corrected chi connectivity index (χ3v) is 4.62. The van der Waals surface area contributed by atoms with Gasteiger partial charge in [-0.25, -0.2) is 4.39 Å². The molecular formula is C17H21FN2O3. The van der Waals surface area contributed by atoms with Crippen LogP contribution in [0.5, 0.6) is 0 Å². The Balaban J connectivity index is 1.75. The zero-order valence-electron chi connectivity index (χ0n) is 13.2. The van der Waals surface area contributed by atoms with Crippen molar-refractivity contribution in [1.29, 1.82) is 0 Å². The average Bonchev–Trinajstić information content (AvgIpc) is 2.91. The molecular weight excluding hydrogens is 299 g/mol. The van der Waals surface area contributed by atoms with E-state index in [1.165, 1.54) is 17.0 Å². The fraction of sp³-hybridized carbons (Fsp3) is 0.529. The van der Waals surface area contributed by atoms with Crippen LogP contribution in [-0.4, -0.2) is 54.5 Å². The van der Waals surface area contributed by atoms with E-state index in [-0.39, 0.29) is 42.7 Å². The molecule has 0 spiro atoms. The smallest absolute Gasteiger partial charge is 0.249 e. The molecule has 3 rings (SSSR count). The van der Waals surface area contributed by atoms with Crippen molar-refractivity contribution in [1.82, 2.24) is 9.80 Å². The van der Waals surface area contributed by atoms with E-state index >= 15 is 0 Å². The number of halogens is 1. The fourth-order valence-corrected chi connectivity index (χ4v) is 3.40. The second kappa shape index (κ2) is 6.66. The first-order valence-corrected chi connectivity index (χ1v) is 7.96. The number of rotatable bonds is 3. The molecule has 1 aromatic rings. The topological polar surface area (TPSA) is 49.9 Å².